The summed E-state index contributed by atoms with van der Waals surface area (Å²) in [5, 5.41) is 2.82. The van der Waals surface area contributed by atoms with E-state index in [2.05, 4.69) is 10.3 Å². The van der Waals surface area contributed by atoms with Gasteiger partial charge in [0.25, 0.3) is 0 Å². The lowest BCUT2D eigenvalue weighted by molar-refractivity contribution is 0.0704. The lowest BCUT2D eigenvalue weighted by Gasteiger charge is -2.36. The van der Waals surface area contributed by atoms with Crippen LogP contribution in [0.4, 0.5) is 23.7 Å². The number of carbonyl (C=O) groups excluding carboxylic acids is 1. The van der Waals surface area contributed by atoms with Crippen LogP contribution in [0.1, 0.15) is 25.2 Å². The van der Waals surface area contributed by atoms with E-state index in [9.17, 15) is 18.0 Å². The van der Waals surface area contributed by atoms with Gasteiger partial charge in [0.15, 0.2) is 0 Å². The molecule has 1 saturated heterocycles. The van der Waals surface area contributed by atoms with E-state index in [4.69, 9.17) is 0 Å². The third-order valence-electron chi connectivity index (χ3n) is 5.58. The number of amides is 2. The molecule has 1 aromatic heterocycles. The number of fused-ring (bicyclic) bond motifs is 1. The molecule has 1 atom stereocenters. The monoisotopic (exact) mass is 431 g/mol. The zero-order chi connectivity index (χ0) is 22.0. The molecule has 1 aliphatic heterocycles. The van der Waals surface area contributed by atoms with Crippen LogP contribution in [-0.2, 0) is 0 Å². The van der Waals surface area contributed by atoms with Crippen LogP contribution >= 0.6 is 0 Å². The van der Waals surface area contributed by atoms with Gasteiger partial charge in [0.2, 0.25) is 0 Å². The van der Waals surface area contributed by atoms with E-state index in [1.165, 1.54) is 6.07 Å². The van der Waals surface area contributed by atoms with Gasteiger partial charge in [0.05, 0.1) is 16.7 Å². The molecule has 1 aliphatic rings. The first-order chi connectivity index (χ1) is 15.0. The summed E-state index contributed by atoms with van der Waals surface area (Å²) in [6.45, 7) is 1.16. The number of hydrogen-bond acceptors (Lipinski definition) is 3. The number of piperazine rings is 1. The highest BCUT2D eigenvalue weighted by atomic mass is 19.3. The second-order valence-electron chi connectivity index (χ2n) is 7.62. The maximum atomic E-state index is 14.0. The summed E-state index contributed by atoms with van der Waals surface area (Å²) in [4.78, 5) is 20.5. The van der Waals surface area contributed by atoms with Crippen molar-refractivity contribution < 1.29 is 18.0 Å². The number of carbonyl (C=O) groups is 1. The predicted molar refractivity (Wildman–Crippen MR) is 113 cm³/mol. The molecule has 0 saturated carbocycles. The molecule has 0 radical (unpaired) electrons. The van der Waals surface area contributed by atoms with Crippen molar-refractivity contribution in [2.45, 2.75) is 19.4 Å². The van der Waals surface area contributed by atoms with E-state index in [0.29, 0.717) is 42.9 Å². The number of anilines is 1. The number of nitrogens with one attached hydrogen (secondary N) is 1. The van der Waals surface area contributed by atoms with Gasteiger partial charge in [-0.15, -0.1) is 0 Å². The van der Waals surface area contributed by atoms with Crippen LogP contribution in [0, 0.1) is 5.82 Å². The van der Waals surface area contributed by atoms with Gasteiger partial charge in [-0.1, -0.05) is 31.2 Å². The molecule has 1 N–H and O–H groups in total. The zero-order valence-corrected chi connectivity index (χ0v) is 17.1. The Bertz CT molecular complexity index is 1060. The summed E-state index contributed by atoms with van der Waals surface area (Å²) in [5.41, 5.74) is 1.40. The van der Waals surface area contributed by atoms with Crippen LogP contribution in [-0.4, -0.2) is 53.2 Å². The molecule has 3 aromatic rings. The van der Waals surface area contributed by atoms with Gasteiger partial charge in [-0.05, 0) is 24.3 Å². The van der Waals surface area contributed by atoms with Gasteiger partial charge < -0.3 is 15.1 Å². The topological polar surface area (TPSA) is 53.4 Å². The minimum absolute atomic E-state index is 0.183. The molecule has 164 valence electrons. The number of urea groups is 1. The molecule has 2 aromatic carbocycles. The van der Waals surface area contributed by atoms with Gasteiger partial charge in [0, 0.05) is 38.6 Å². The summed E-state index contributed by atoms with van der Waals surface area (Å²) in [5.74, 6) is -0.443. The highest BCUT2D eigenvalue weighted by Crippen LogP contribution is 2.27. The number of rotatable bonds is 5. The van der Waals surface area contributed by atoms with Gasteiger partial charge in [0.1, 0.15) is 11.6 Å². The second-order valence-corrected chi connectivity index (χ2v) is 7.62. The molecule has 0 aliphatic carbocycles. The first kappa shape index (κ1) is 21.0. The Morgan fingerprint density at radius 1 is 1.06 bits per heavy atom. The number of para-hydroxylation sites is 3. The number of benzene rings is 2. The maximum Gasteiger partial charge on any atom is 0.320 e. The Labute approximate surface area is 178 Å². The molecule has 4 rings (SSSR count). The van der Waals surface area contributed by atoms with Crippen molar-refractivity contribution in [3.05, 3.63) is 60.2 Å². The van der Waals surface area contributed by atoms with Gasteiger partial charge in [-0.25, -0.2) is 14.2 Å². The quantitative estimate of drug-likeness (QED) is 0.659. The second kappa shape index (κ2) is 8.87. The minimum Gasteiger partial charge on any atom is -0.366 e. The standard InChI is InChI=1S/C22H24F3N5O/c1-15(20-27-17-7-3-5-9-19(17)30(20)21(24)25)14-26-22(31)29-12-10-28(11-13-29)18-8-4-2-6-16(18)23/h2-9,15,21H,10-14H2,1H3,(H,26,31)/t15-/m1/s1. The normalized spacial score (nSPS) is 15.5. The average molecular weight is 431 g/mol. The van der Waals surface area contributed by atoms with E-state index in [-0.39, 0.29) is 24.2 Å². The third kappa shape index (κ3) is 4.30. The number of imidazole rings is 1. The van der Waals surface area contributed by atoms with Crippen molar-refractivity contribution >= 4 is 22.8 Å². The van der Waals surface area contributed by atoms with E-state index in [1.54, 1.807) is 54.3 Å². The first-order valence-corrected chi connectivity index (χ1v) is 10.2. The van der Waals surface area contributed by atoms with Crippen LogP contribution < -0.4 is 10.2 Å². The Hall–Kier alpha value is -3.23. The van der Waals surface area contributed by atoms with Crippen LogP contribution in [0.25, 0.3) is 11.0 Å². The molecule has 0 unspecified atom stereocenters. The average Bonchev–Trinajstić information content (AvgIpc) is 3.18. The van der Waals surface area contributed by atoms with Crippen LogP contribution in [0.5, 0.6) is 0 Å². The van der Waals surface area contributed by atoms with E-state index >= 15 is 0 Å². The molecule has 2 amide bonds. The first-order valence-electron chi connectivity index (χ1n) is 10.2. The van der Waals surface area contributed by atoms with Crippen molar-refractivity contribution in [2.24, 2.45) is 0 Å². The summed E-state index contributed by atoms with van der Waals surface area (Å²) < 4.78 is 42.2. The number of halogens is 3. The highest BCUT2D eigenvalue weighted by molar-refractivity contribution is 5.76. The smallest absolute Gasteiger partial charge is 0.320 e. The Balaban J connectivity index is 1.36. The molecule has 6 nitrogen and oxygen atoms in total. The molecule has 9 heteroatoms. The fourth-order valence-corrected chi connectivity index (χ4v) is 3.92. The van der Waals surface area contributed by atoms with Crippen molar-refractivity contribution in [3.63, 3.8) is 0 Å². The maximum absolute atomic E-state index is 14.0. The summed E-state index contributed by atoms with van der Waals surface area (Å²) in [7, 11) is 0. The number of alkyl halides is 2. The fourth-order valence-electron chi connectivity index (χ4n) is 3.92. The third-order valence-corrected chi connectivity index (χ3v) is 5.58. The van der Waals surface area contributed by atoms with Crippen LogP contribution in [0.15, 0.2) is 48.5 Å². The molecule has 2 heterocycles. The molecular formula is C22H24F3N5O. The summed E-state index contributed by atoms with van der Waals surface area (Å²) >= 11 is 0. The van der Waals surface area contributed by atoms with Crippen molar-refractivity contribution in [1.29, 1.82) is 0 Å². The highest BCUT2D eigenvalue weighted by Gasteiger charge is 2.25. The number of nitrogens with zero attached hydrogens (tertiary/aromatic N) is 4. The lowest BCUT2D eigenvalue weighted by Crippen LogP contribution is -2.52. The predicted octanol–water partition coefficient (Wildman–Crippen LogP) is 4.21. The largest absolute Gasteiger partial charge is 0.366 e. The van der Waals surface area contributed by atoms with E-state index in [1.807, 2.05) is 4.90 Å². The summed E-state index contributed by atoms with van der Waals surface area (Å²) in [6.07, 6.45) is 0. The molecule has 1 fully saturated rings. The van der Waals surface area contributed by atoms with E-state index in [0.717, 1.165) is 4.57 Å². The van der Waals surface area contributed by atoms with Gasteiger partial charge in [-0.3, -0.25) is 4.57 Å². The molecule has 0 bridgehead atoms. The summed E-state index contributed by atoms with van der Waals surface area (Å²) in [6, 6.07) is 13.1. The lowest BCUT2D eigenvalue weighted by atomic mass is 10.1. The number of hydrogen-bond donors (Lipinski definition) is 1. The van der Waals surface area contributed by atoms with Crippen molar-refractivity contribution in [2.75, 3.05) is 37.6 Å². The minimum atomic E-state index is -2.72. The Morgan fingerprint density at radius 2 is 1.74 bits per heavy atom. The Morgan fingerprint density at radius 3 is 2.45 bits per heavy atom. The van der Waals surface area contributed by atoms with Gasteiger partial charge >= 0.3 is 12.6 Å². The van der Waals surface area contributed by atoms with Crippen molar-refractivity contribution in [1.82, 2.24) is 19.8 Å². The SMILES string of the molecule is C[C@H](CNC(=O)N1CCN(c2ccccc2F)CC1)c1nc2ccccc2n1C(F)F. The van der Waals surface area contributed by atoms with Crippen molar-refractivity contribution in [3.8, 4) is 0 Å². The molecule has 31 heavy (non-hydrogen) atoms. The van der Waals surface area contributed by atoms with Crippen LogP contribution in [0.3, 0.4) is 0 Å². The molecule has 0 spiro atoms. The fraction of sp³-hybridized carbons (Fsp3) is 0.364. The Kier molecular flexibility index (Phi) is 6.01. The zero-order valence-electron chi connectivity index (χ0n) is 17.1. The van der Waals surface area contributed by atoms with Gasteiger partial charge in [-0.2, -0.15) is 8.78 Å². The van der Waals surface area contributed by atoms with Crippen LogP contribution in [0.2, 0.25) is 0 Å². The molecular weight excluding hydrogens is 407 g/mol. The number of aromatic nitrogens is 2. The van der Waals surface area contributed by atoms with E-state index < -0.39 is 12.5 Å².